The van der Waals surface area contributed by atoms with Gasteiger partial charge in [0, 0.05) is 19.3 Å². The predicted octanol–water partition coefficient (Wildman–Crippen LogP) is 12.3. The third kappa shape index (κ3) is 37.8. The first kappa shape index (κ1) is 54.2. The number of rotatable bonds is 38. The van der Waals surface area contributed by atoms with E-state index >= 15 is 0 Å². The molecular weight excluding hydrogens is 727 g/mol. The van der Waals surface area contributed by atoms with Crippen LogP contribution in [-0.4, -0.2) is 80.6 Å². The molecule has 8 nitrogen and oxygen atoms in total. The first-order valence-electron chi connectivity index (χ1n) is 22.3. The Balaban J connectivity index is 4.42. The number of likely N-dealkylation sites (N-methyl/N-ethyl adjacent to an activating group) is 1. The van der Waals surface area contributed by atoms with E-state index in [0.717, 1.165) is 77.0 Å². The Kier molecular flexibility index (Phi) is 37.5. The monoisotopic (exact) mass is 809 g/mol. The smallest absolute Gasteiger partial charge is 0.362 e. The molecule has 0 aromatic carbocycles. The molecule has 2 atom stereocenters. The van der Waals surface area contributed by atoms with Gasteiger partial charge in [-0.05, 0) is 64.2 Å². The van der Waals surface area contributed by atoms with Crippen molar-refractivity contribution in [1.82, 2.24) is 0 Å². The van der Waals surface area contributed by atoms with E-state index in [9.17, 15) is 19.5 Å². The summed E-state index contributed by atoms with van der Waals surface area (Å²) in [5, 5.41) is 9.62. The van der Waals surface area contributed by atoms with Crippen LogP contribution in [0.25, 0.3) is 0 Å². The molecule has 0 fully saturated rings. The number of unbranched alkanes of at least 4 members (excludes halogenated alkanes) is 12. The average Bonchev–Trinajstić information content (AvgIpc) is 3.18. The molecule has 0 aromatic rings. The minimum atomic E-state index is -0.887. The summed E-state index contributed by atoms with van der Waals surface area (Å²) in [6.07, 6.45) is 53.1. The van der Waals surface area contributed by atoms with Gasteiger partial charge in [-0.15, -0.1) is 0 Å². The summed E-state index contributed by atoms with van der Waals surface area (Å²) < 4.78 is 17.2. The van der Waals surface area contributed by atoms with Gasteiger partial charge >= 0.3 is 17.9 Å². The molecule has 0 saturated carbocycles. The number of carboxylic acids is 1. The van der Waals surface area contributed by atoms with Crippen LogP contribution >= 0.6 is 0 Å². The molecule has 0 saturated heterocycles. The van der Waals surface area contributed by atoms with Gasteiger partial charge in [-0.1, -0.05) is 162 Å². The highest BCUT2D eigenvalue weighted by atomic mass is 16.6. The molecule has 0 heterocycles. The summed E-state index contributed by atoms with van der Waals surface area (Å²) in [5.41, 5.74) is 0. The largest absolute Gasteiger partial charge is 0.477 e. The Bertz CT molecular complexity index is 1260. The van der Waals surface area contributed by atoms with Gasteiger partial charge in [-0.25, -0.2) is 4.79 Å². The third-order valence-electron chi connectivity index (χ3n) is 9.36. The van der Waals surface area contributed by atoms with Crippen LogP contribution in [0.3, 0.4) is 0 Å². The molecule has 0 amide bonds. The molecule has 0 aliphatic rings. The zero-order chi connectivity index (χ0) is 42.8. The van der Waals surface area contributed by atoms with Crippen LogP contribution in [0.15, 0.2) is 97.2 Å². The second-order valence-corrected chi connectivity index (χ2v) is 15.7. The molecule has 1 N–H and O–H groups in total. The second kappa shape index (κ2) is 40.0. The molecule has 328 valence electrons. The number of carbonyl (C=O) groups is 3. The van der Waals surface area contributed by atoms with Crippen LogP contribution in [0.1, 0.15) is 149 Å². The first-order chi connectivity index (χ1) is 28.1. The van der Waals surface area contributed by atoms with Gasteiger partial charge in [-0.3, -0.25) is 9.59 Å². The molecule has 0 aromatic heterocycles. The lowest BCUT2D eigenvalue weighted by atomic mass is 10.1. The van der Waals surface area contributed by atoms with Crippen LogP contribution in [0.2, 0.25) is 0 Å². The Labute approximate surface area is 354 Å². The van der Waals surface area contributed by atoms with E-state index in [2.05, 4.69) is 62.5 Å². The maximum Gasteiger partial charge on any atom is 0.362 e. The summed E-state index contributed by atoms with van der Waals surface area (Å²) in [6, 6.07) is -0.628. The summed E-state index contributed by atoms with van der Waals surface area (Å²) in [7, 11) is 5.50. The van der Waals surface area contributed by atoms with Crippen LogP contribution in [0.5, 0.6) is 0 Å². The van der Waals surface area contributed by atoms with Crippen molar-refractivity contribution in [2.24, 2.45) is 0 Å². The molecule has 2 unspecified atom stereocenters. The topological polar surface area (TPSA) is 99.1 Å². The van der Waals surface area contributed by atoms with E-state index in [1.165, 1.54) is 38.5 Å². The van der Waals surface area contributed by atoms with Crippen molar-refractivity contribution in [3.05, 3.63) is 97.2 Å². The lowest BCUT2D eigenvalue weighted by Gasteiger charge is -2.31. The van der Waals surface area contributed by atoms with Gasteiger partial charge in [0.15, 0.2) is 12.1 Å². The maximum absolute atomic E-state index is 12.7. The zero-order valence-corrected chi connectivity index (χ0v) is 37.2. The number of hydrogen-bond donors (Lipinski definition) is 1. The average molecular weight is 809 g/mol. The van der Waals surface area contributed by atoms with Crippen LogP contribution in [0, 0.1) is 0 Å². The number of allylic oxidation sites excluding steroid dienone is 16. The summed E-state index contributed by atoms with van der Waals surface area (Å²) in [6.45, 7) is 4.41. The van der Waals surface area contributed by atoms with Crippen molar-refractivity contribution in [3.63, 3.8) is 0 Å². The van der Waals surface area contributed by atoms with E-state index in [0.29, 0.717) is 19.3 Å². The number of esters is 2. The van der Waals surface area contributed by atoms with E-state index < -0.39 is 18.1 Å². The summed E-state index contributed by atoms with van der Waals surface area (Å²) in [5.74, 6) is -1.54. The SMILES string of the molecule is CC/C=C/C=C/C=C/C=C/C=C/CCCCCC(=O)OCC(COCCC(C(=O)O)[N+](C)(C)C)OC(=O)CCCCCCCCCCC/C=C/C/C=C/C/C=C/CC. The lowest BCUT2D eigenvalue weighted by Crippen LogP contribution is -2.50. The minimum Gasteiger partial charge on any atom is -0.477 e. The van der Waals surface area contributed by atoms with Crippen LogP contribution < -0.4 is 0 Å². The predicted molar refractivity (Wildman–Crippen MR) is 243 cm³/mol. The van der Waals surface area contributed by atoms with Crippen molar-refractivity contribution in [2.45, 2.75) is 161 Å². The fourth-order valence-electron chi connectivity index (χ4n) is 5.95. The number of quaternary nitrogens is 1. The van der Waals surface area contributed by atoms with Crippen molar-refractivity contribution >= 4 is 17.9 Å². The minimum absolute atomic E-state index is 0.0386. The molecule has 0 rings (SSSR count). The molecule has 0 spiro atoms. The third-order valence-corrected chi connectivity index (χ3v) is 9.36. The molecule has 0 bridgehead atoms. The van der Waals surface area contributed by atoms with Crippen molar-refractivity contribution in [3.8, 4) is 0 Å². The standard InChI is InChI=1S/C50H81NO7/c1-6-8-10-12-14-16-18-20-22-23-24-25-27-29-31-33-35-37-39-41-49(53)58-46(44-56-43-42-47(50(54)55)51(3,4)5)45-57-48(52)40-38-36-34-32-30-28-26-21-19-17-15-13-11-9-7-2/h8-11,13-17,19-22,26,28,30,46-47H,6-7,12,18,23-25,27,29,31-45H2,1-5H3/p+1/b10-8+,11-9+,15-13+,16-14+,19-17+,22-20+,26-21+,30-28+. The maximum atomic E-state index is 12.7. The van der Waals surface area contributed by atoms with Crippen LogP contribution in [0.4, 0.5) is 0 Å². The van der Waals surface area contributed by atoms with Gasteiger partial charge < -0.3 is 23.8 Å². The Morgan fingerprint density at radius 1 is 0.534 bits per heavy atom. The number of aliphatic carboxylic acids is 1. The van der Waals surface area contributed by atoms with E-state index in [1.807, 2.05) is 69.8 Å². The van der Waals surface area contributed by atoms with Gasteiger partial charge in [-0.2, -0.15) is 0 Å². The van der Waals surface area contributed by atoms with Crippen molar-refractivity contribution < 1.29 is 38.2 Å². The normalized spacial score (nSPS) is 13.9. The number of hydrogen-bond acceptors (Lipinski definition) is 6. The van der Waals surface area contributed by atoms with E-state index in [1.54, 1.807) is 0 Å². The summed E-state index contributed by atoms with van der Waals surface area (Å²) >= 11 is 0. The van der Waals surface area contributed by atoms with Gasteiger partial charge in [0.25, 0.3) is 0 Å². The molecule has 0 aliphatic carbocycles. The number of nitrogens with zero attached hydrogens (tertiary/aromatic N) is 1. The Morgan fingerprint density at radius 3 is 1.57 bits per heavy atom. The highest BCUT2D eigenvalue weighted by molar-refractivity contribution is 5.72. The van der Waals surface area contributed by atoms with Crippen LogP contribution in [-0.2, 0) is 28.6 Å². The first-order valence-corrected chi connectivity index (χ1v) is 22.3. The molecule has 8 heteroatoms. The number of ether oxygens (including phenoxy) is 3. The van der Waals surface area contributed by atoms with E-state index in [4.69, 9.17) is 14.2 Å². The van der Waals surface area contributed by atoms with Gasteiger partial charge in [0.2, 0.25) is 0 Å². The number of carbonyl (C=O) groups excluding carboxylic acids is 2. The zero-order valence-electron chi connectivity index (χ0n) is 37.2. The number of carboxylic acid groups (broad SMARTS) is 1. The van der Waals surface area contributed by atoms with Crippen molar-refractivity contribution in [2.75, 3.05) is 41.0 Å². The summed E-state index contributed by atoms with van der Waals surface area (Å²) in [4.78, 5) is 37.0. The van der Waals surface area contributed by atoms with Gasteiger partial charge in [0.05, 0.1) is 34.4 Å². The molecule has 0 aliphatic heterocycles. The Morgan fingerprint density at radius 2 is 1.00 bits per heavy atom. The van der Waals surface area contributed by atoms with Gasteiger partial charge in [0.1, 0.15) is 6.61 Å². The molecule has 58 heavy (non-hydrogen) atoms. The fourth-order valence-corrected chi connectivity index (χ4v) is 5.95. The Hall–Kier alpha value is -3.75. The fraction of sp³-hybridized carbons (Fsp3) is 0.620. The lowest BCUT2D eigenvalue weighted by molar-refractivity contribution is -0.887. The quantitative estimate of drug-likeness (QED) is 0.0218. The second-order valence-electron chi connectivity index (χ2n) is 15.7. The molecular formula is C50H82NO7+. The van der Waals surface area contributed by atoms with E-state index in [-0.39, 0.29) is 36.2 Å². The highest BCUT2D eigenvalue weighted by Crippen LogP contribution is 2.14. The highest BCUT2D eigenvalue weighted by Gasteiger charge is 2.31. The van der Waals surface area contributed by atoms with Crippen molar-refractivity contribution in [1.29, 1.82) is 0 Å². The molecule has 0 radical (unpaired) electrons.